The number of rotatable bonds is 4. The largest absolute Gasteiger partial charge is 0.343 e. The smallest absolute Gasteiger partial charge is 0.253 e. The second kappa shape index (κ2) is 7.53. The highest BCUT2D eigenvalue weighted by atomic mass is 32.1. The number of nitrogens with two attached hydrogens (primary N) is 1. The number of amides is 1. The Bertz CT molecular complexity index is 658. The van der Waals surface area contributed by atoms with E-state index in [1.165, 1.54) is 17.5 Å². The molecule has 1 unspecified atom stereocenters. The predicted molar refractivity (Wildman–Crippen MR) is 82.8 cm³/mol. The van der Waals surface area contributed by atoms with Crippen molar-refractivity contribution in [2.45, 2.75) is 19.4 Å². The van der Waals surface area contributed by atoms with Crippen LogP contribution in [0.5, 0.6) is 0 Å². The van der Waals surface area contributed by atoms with Gasteiger partial charge in [0.05, 0.1) is 18.2 Å². The zero-order valence-electron chi connectivity index (χ0n) is 11.7. The van der Waals surface area contributed by atoms with E-state index in [0.29, 0.717) is 11.1 Å². The standard InChI is InChI=1S/C15H16N4OS/c1-2-13(15-18-6-7-21-15)19-14(20)12-8-11(4-3-5-16)9-17-10-12/h6-10,13H,2,5,16H2,1H3,(H,19,20). The minimum atomic E-state index is -0.180. The van der Waals surface area contributed by atoms with Crippen LogP contribution in [-0.2, 0) is 0 Å². The number of hydrogen-bond acceptors (Lipinski definition) is 5. The van der Waals surface area contributed by atoms with Crippen molar-refractivity contribution in [1.82, 2.24) is 15.3 Å². The highest BCUT2D eigenvalue weighted by Gasteiger charge is 2.16. The van der Waals surface area contributed by atoms with E-state index in [1.54, 1.807) is 18.5 Å². The monoisotopic (exact) mass is 300 g/mol. The van der Waals surface area contributed by atoms with E-state index in [-0.39, 0.29) is 18.5 Å². The molecule has 2 heterocycles. The van der Waals surface area contributed by atoms with Gasteiger partial charge in [-0.25, -0.2) is 4.98 Å². The van der Waals surface area contributed by atoms with Gasteiger partial charge in [-0.05, 0) is 12.5 Å². The minimum absolute atomic E-state index is 0.0868. The van der Waals surface area contributed by atoms with Crippen molar-refractivity contribution in [2.75, 3.05) is 6.54 Å². The van der Waals surface area contributed by atoms with Gasteiger partial charge >= 0.3 is 0 Å². The Balaban J connectivity index is 2.12. The molecule has 0 radical (unpaired) electrons. The van der Waals surface area contributed by atoms with E-state index in [1.807, 2.05) is 12.3 Å². The Kier molecular flexibility index (Phi) is 5.43. The maximum absolute atomic E-state index is 12.3. The first-order chi connectivity index (χ1) is 10.2. The summed E-state index contributed by atoms with van der Waals surface area (Å²) in [5.74, 6) is 5.43. The summed E-state index contributed by atoms with van der Waals surface area (Å²) >= 11 is 1.53. The normalized spacial score (nSPS) is 11.3. The number of nitrogens with one attached hydrogen (secondary N) is 1. The summed E-state index contributed by atoms with van der Waals surface area (Å²) in [6.45, 7) is 2.28. The van der Waals surface area contributed by atoms with E-state index in [2.05, 4.69) is 27.1 Å². The molecule has 0 fully saturated rings. The number of carbonyl (C=O) groups excluding carboxylic acids is 1. The van der Waals surface area contributed by atoms with Gasteiger partial charge in [0, 0.05) is 29.5 Å². The maximum atomic E-state index is 12.3. The molecule has 3 N–H and O–H groups in total. The van der Waals surface area contributed by atoms with Crippen LogP contribution in [0, 0.1) is 11.8 Å². The number of nitrogens with zero attached hydrogens (tertiary/aromatic N) is 2. The molecule has 0 aliphatic heterocycles. The van der Waals surface area contributed by atoms with Gasteiger partial charge in [-0.3, -0.25) is 9.78 Å². The summed E-state index contributed by atoms with van der Waals surface area (Å²) in [5, 5.41) is 5.76. The fraction of sp³-hybridized carbons (Fsp3) is 0.267. The predicted octanol–water partition coefficient (Wildman–Crippen LogP) is 1.73. The second-order valence-corrected chi connectivity index (χ2v) is 5.20. The van der Waals surface area contributed by atoms with E-state index >= 15 is 0 Å². The highest BCUT2D eigenvalue weighted by Crippen LogP contribution is 2.19. The molecule has 1 amide bonds. The molecule has 0 bridgehead atoms. The lowest BCUT2D eigenvalue weighted by Crippen LogP contribution is -2.28. The van der Waals surface area contributed by atoms with Crippen molar-refractivity contribution in [2.24, 2.45) is 5.73 Å². The third-order valence-corrected chi connectivity index (χ3v) is 3.69. The average Bonchev–Trinajstić information content (AvgIpc) is 3.04. The van der Waals surface area contributed by atoms with Gasteiger partial charge in [0.25, 0.3) is 5.91 Å². The zero-order valence-corrected chi connectivity index (χ0v) is 12.5. The number of carbonyl (C=O) groups is 1. The first-order valence-electron chi connectivity index (χ1n) is 6.58. The minimum Gasteiger partial charge on any atom is -0.343 e. The molecule has 0 saturated heterocycles. The molecular formula is C15H16N4OS. The molecule has 2 rings (SSSR count). The summed E-state index contributed by atoms with van der Waals surface area (Å²) in [6.07, 6.45) is 5.65. The topological polar surface area (TPSA) is 80.9 Å². The van der Waals surface area contributed by atoms with Gasteiger partial charge < -0.3 is 11.1 Å². The van der Waals surface area contributed by atoms with Crippen LogP contribution in [0.15, 0.2) is 30.0 Å². The lowest BCUT2D eigenvalue weighted by atomic mass is 10.1. The van der Waals surface area contributed by atoms with Crippen LogP contribution >= 0.6 is 11.3 Å². The van der Waals surface area contributed by atoms with Gasteiger partial charge in [-0.15, -0.1) is 11.3 Å². The van der Waals surface area contributed by atoms with Gasteiger partial charge in [0.1, 0.15) is 5.01 Å². The van der Waals surface area contributed by atoms with E-state index in [4.69, 9.17) is 5.73 Å². The van der Waals surface area contributed by atoms with Crippen LogP contribution < -0.4 is 11.1 Å². The zero-order chi connectivity index (χ0) is 15.1. The molecule has 0 spiro atoms. The molecule has 108 valence electrons. The van der Waals surface area contributed by atoms with Gasteiger partial charge in [-0.2, -0.15) is 0 Å². The molecule has 0 saturated carbocycles. The molecule has 5 nitrogen and oxygen atoms in total. The summed E-state index contributed by atoms with van der Waals surface area (Å²) < 4.78 is 0. The molecule has 6 heteroatoms. The van der Waals surface area contributed by atoms with Crippen LogP contribution in [0.2, 0.25) is 0 Å². The fourth-order valence-corrected chi connectivity index (χ4v) is 2.54. The van der Waals surface area contributed by atoms with Crippen LogP contribution in [0.3, 0.4) is 0 Å². The highest BCUT2D eigenvalue weighted by molar-refractivity contribution is 7.09. The molecule has 2 aromatic heterocycles. The van der Waals surface area contributed by atoms with Crippen molar-refractivity contribution >= 4 is 17.2 Å². The Morgan fingerprint density at radius 2 is 2.38 bits per heavy atom. The van der Waals surface area contributed by atoms with E-state index in [0.717, 1.165) is 11.4 Å². The number of aromatic nitrogens is 2. The van der Waals surface area contributed by atoms with Crippen LogP contribution in [-0.4, -0.2) is 22.4 Å². The third-order valence-electron chi connectivity index (χ3n) is 2.80. The Hall–Kier alpha value is -2.23. The lowest BCUT2D eigenvalue weighted by Gasteiger charge is -2.14. The SMILES string of the molecule is CCC(NC(=O)c1cncc(C#CCN)c1)c1nccs1. The van der Waals surface area contributed by atoms with Crippen molar-refractivity contribution in [3.05, 3.63) is 46.2 Å². The number of pyridine rings is 1. The lowest BCUT2D eigenvalue weighted by molar-refractivity contribution is 0.0935. The van der Waals surface area contributed by atoms with E-state index < -0.39 is 0 Å². The molecule has 0 aromatic carbocycles. The number of thiazole rings is 1. The van der Waals surface area contributed by atoms with Crippen molar-refractivity contribution in [1.29, 1.82) is 0 Å². The molecule has 0 aliphatic carbocycles. The van der Waals surface area contributed by atoms with Gasteiger partial charge in [0.15, 0.2) is 0 Å². The molecule has 2 aromatic rings. The maximum Gasteiger partial charge on any atom is 0.253 e. The Morgan fingerprint density at radius 1 is 1.52 bits per heavy atom. The van der Waals surface area contributed by atoms with E-state index in [9.17, 15) is 4.79 Å². The molecule has 1 atom stereocenters. The fourth-order valence-electron chi connectivity index (χ4n) is 1.77. The quantitative estimate of drug-likeness (QED) is 0.843. The Labute approximate surface area is 127 Å². The van der Waals surface area contributed by atoms with Crippen molar-refractivity contribution < 1.29 is 4.79 Å². The third kappa shape index (κ3) is 4.12. The second-order valence-electron chi connectivity index (χ2n) is 4.27. The first-order valence-corrected chi connectivity index (χ1v) is 7.46. The van der Waals surface area contributed by atoms with Crippen LogP contribution in [0.25, 0.3) is 0 Å². The summed E-state index contributed by atoms with van der Waals surface area (Å²) in [7, 11) is 0. The van der Waals surface area contributed by atoms with Crippen LogP contribution in [0.4, 0.5) is 0 Å². The Morgan fingerprint density at radius 3 is 3.05 bits per heavy atom. The molecule has 21 heavy (non-hydrogen) atoms. The average molecular weight is 300 g/mol. The van der Waals surface area contributed by atoms with Gasteiger partial charge in [-0.1, -0.05) is 18.8 Å². The first kappa shape index (κ1) is 15.2. The van der Waals surface area contributed by atoms with Crippen molar-refractivity contribution in [3.8, 4) is 11.8 Å². The summed E-state index contributed by atoms with van der Waals surface area (Å²) in [5.41, 5.74) is 6.49. The summed E-state index contributed by atoms with van der Waals surface area (Å²) in [6, 6.07) is 1.62. The van der Waals surface area contributed by atoms with Crippen molar-refractivity contribution in [3.63, 3.8) is 0 Å². The van der Waals surface area contributed by atoms with Crippen LogP contribution in [0.1, 0.15) is 40.3 Å². The summed E-state index contributed by atoms with van der Waals surface area (Å²) in [4.78, 5) is 20.6. The number of hydrogen-bond donors (Lipinski definition) is 2. The van der Waals surface area contributed by atoms with Gasteiger partial charge in [0.2, 0.25) is 0 Å². The molecule has 0 aliphatic rings. The molecular weight excluding hydrogens is 284 g/mol.